The standard InChI is InChI=1S/C15H11ClN2O5/c16-11-2-4-12(5-3-11)17-15(20)9-23-14-6-1-10(8-19)7-13(14)18(21)22/h1-8H,9H2,(H,17,20). The quantitative estimate of drug-likeness (QED) is 0.497. The lowest BCUT2D eigenvalue weighted by Gasteiger charge is -2.08. The second kappa shape index (κ2) is 7.37. The minimum absolute atomic E-state index is 0.0909. The minimum Gasteiger partial charge on any atom is -0.477 e. The fourth-order valence-electron chi connectivity index (χ4n) is 1.75. The third-order valence-corrected chi connectivity index (χ3v) is 3.05. The Hall–Kier alpha value is -2.93. The van der Waals surface area contributed by atoms with Crippen LogP contribution < -0.4 is 10.1 Å². The van der Waals surface area contributed by atoms with E-state index in [1.165, 1.54) is 12.1 Å². The molecule has 1 N–H and O–H groups in total. The molecule has 0 aliphatic heterocycles. The van der Waals surface area contributed by atoms with Gasteiger partial charge in [0.1, 0.15) is 6.29 Å². The number of hydrogen-bond donors (Lipinski definition) is 1. The van der Waals surface area contributed by atoms with E-state index in [0.717, 1.165) is 6.07 Å². The number of nitrogens with one attached hydrogen (secondary N) is 1. The maximum atomic E-state index is 11.8. The Morgan fingerprint density at radius 2 is 1.96 bits per heavy atom. The van der Waals surface area contributed by atoms with Gasteiger partial charge in [-0.2, -0.15) is 0 Å². The zero-order valence-corrected chi connectivity index (χ0v) is 12.4. The molecule has 0 unspecified atom stereocenters. The van der Waals surface area contributed by atoms with E-state index in [4.69, 9.17) is 16.3 Å². The second-order valence-corrected chi connectivity index (χ2v) is 4.88. The van der Waals surface area contributed by atoms with Crippen LogP contribution in [0.4, 0.5) is 11.4 Å². The van der Waals surface area contributed by atoms with Gasteiger partial charge in [0.25, 0.3) is 5.91 Å². The van der Waals surface area contributed by atoms with Crippen LogP contribution in [0.5, 0.6) is 5.75 Å². The first kappa shape index (κ1) is 16.4. The lowest BCUT2D eigenvalue weighted by Crippen LogP contribution is -2.20. The number of rotatable bonds is 6. The van der Waals surface area contributed by atoms with Crippen LogP contribution in [0, 0.1) is 10.1 Å². The Morgan fingerprint density at radius 3 is 2.57 bits per heavy atom. The average Bonchev–Trinajstić information content (AvgIpc) is 2.54. The zero-order valence-electron chi connectivity index (χ0n) is 11.7. The van der Waals surface area contributed by atoms with E-state index < -0.39 is 17.4 Å². The van der Waals surface area contributed by atoms with Gasteiger partial charge in [-0.3, -0.25) is 19.7 Å². The van der Waals surface area contributed by atoms with Gasteiger partial charge in [0, 0.05) is 22.3 Å². The van der Waals surface area contributed by atoms with E-state index in [1.807, 2.05) is 0 Å². The number of aldehydes is 1. The zero-order chi connectivity index (χ0) is 16.8. The molecule has 2 aromatic rings. The number of anilines is 1. The maximum Gasteiger partial charge on any atom is 0.311 e. The van der Waals surface area contributed by atoms with Crippen LogP contribution in [0.1, 0.15) is 10.4 Å². The molecule has 2 rings (SSSR count). The average molecular weight is 335 g/mol. The van der Waals surface area contributed by atoms with Crippen molar-refractivity contribution in [3.05, 3.63) is 63.2 Å². The number of carbonyl (C=O) groups is 2. The first-order chi connectivity index (χ1) is 11.0. The third-order valence-electron chi connectivity index (χ3n) is 2.80. The van der Waals surface area contributed by atoms with E-state index in [1.54, 1.807) is 24.3 Å². The van der Waals surface area contributed by atoms with E-state index in [-0.39, 0.29) is 17.0 Å². The molecule has 0 bridgehead atoms. The molecule has 0 saturated heterocycles. The summed E-state index contributed by atoms with van der Waals surface area (Å²) in [5, 5.41) is 14.0. The predicted octanol–water partition coefficient (Wildman–Crippen LogP) is 3.08. The van der Waals surface area contributed by atoms with Gasteiger partial charge in [0.05, 0.1) is 4.92 Å². The molecule has 0 aromatic heterocycles. The molecule has 8 heteroatoms. The molecule has 2 aromatic carbocycles. The summed E-state index contributed by atoms with van der Waals surface area (Å²) in [6.07, 6.45) is 0.490. The molecule has 0 heterocycles. The highest BCUT2D eigenvalue weighted by molar-refractivity contribution is 6.30. The lowest BCUT2D eigenvalue weighted by atomic mass is 10.2. The first-order valence-electron chi connectivity index (χ1n) is 6.41. The molecule has 118 valence electrons. The summed E-state index contributed by atoms with van der Waals surface area (Å²) in [5.74, 6) is -0.576. The number of benzene rings is 2. The Kier molecular flexibility index (Phi) is 5.27. The molecular formula is C15H11ClN2O5. The van der Waals surface area contributed by atoms with Gasteiger partial charge >= 0.3 is 5.69 Å². The molecular weight excluding hydrogens is 324 g/mol. The SMILES string of the molecule is O=Cc1ccc(OCC(=O)Nc2ccc(Cl)cc2)c([N+](=O)[O-])c1. The Morgan fingerprint density at radius 1 is 1.26 bits per heavy atom. The van der Waals surface area contributed by atoms with Crippen molar-refractivity contribution in [3.63, 3.8) is 0 Å². The first-order valence-corrected chi connectivity index (χ1v) is 6.79. The highest BCUT2D eigenvalue weighted by Gasteiger charge is 2.17. The lowest BCUT2D eigenvalue weighted by molar-refractivity contribution is -0.385. The monoisotopic (exact) mass is 334 g/mol. The molecule has 0 aliphatic carbocycles. The van der Waals surface area contributed by atoms with Crippen molar-refractivity contribution < 1.29 is 19.2 Å². The number of carbonyl (C=O) groups excluding carboxylic acids is 2. The molecule has 0 radical (unpaired) electrons. The van der Waals surface area contributed by atoms with Crippen molar-refractivity contribution in [1.82, 2.24) is 0 Å². The minimum atomic E-state index is -0.681. The van der Waals surface area contributed by atoms with E-state index >= 15 is 0 Å². The van der Waals surface area contributed by atoms with Crippen molar-refractivity contribution in [1.29, 1.82) is 0 Å². The fourth-order valence-corrected chi connectivity index (χ4v) is 1.87. The summed E-state index contributed by atoms with van der Waals surface area (Å²) in [7, 11) is 0. The van der Waals surface area contributed by atoms with Crippen LogP contribution >= 0.6 is 11.6 Å². The van der Waals surface area contributed by atoms with Gasteiger partial charge in [0.2, 0.25) is 0 Å². The topological polar surface area (TPSA) is 98.5 Å². The van der Waals surface area contributed by atoms with Crippen LogP contribution in [-0.2, 0) is 4.79 Å². The maximum absolute atomic E-state index is 11.8. The summed E-state index contributed by atoms with van der Waals surface area (Å²) in [6.45, 7) is -0.413. The number of ether oxygens (including phenoxy) is 1. The number of halogens is 1. The van der Waals surface area contributed by atoms with Gasteiger partial charge in [-0.05, 0) is 36.4 Å². The summed E-state index contributed by atoms with van der Waals surface area (Å²) in [6, 6.07) is 10.2. The van der Waals surface area contributed by atoms with Crippen LogP contribution in [0.25, 0.3) is 0 Å². The van der Waals surface area contributed by atoms with Crippen molar-refractivity contribution in [2.24, 2.45) is 0 Å². The highest BCUT2D eigenvalue weighted by Crippen LogP contribution is 2.27. The van der Waals surface area contributed by atoms with Crippen molar-refractivity contribution in [2.75, 3.05) is 11.9 Å². The Labute approximate surface area is 136 Å². The molecule has 1 amide bonds. The van der Waals surface area contributed by atoms with Gasteiger partial charge in [-0.15, -0.1) is 0 Å². The van der Waals surface area contributed by atoms with E-state index in [2.05, 4.69) is 5.32 Å². The number of nitro benzene ring substituents is 1. The Balaban J connectivity index is 2.02. The number of hydrogen-bond acceptors (Lipinski definition) is 5. The molecule has 0 spiro atoms. The molecule has 23 heavy (non-hydrogen) atoms. The molecule has 0 fully saturated rings. The van der Waals surface area contributed by atoms with Crippen LogP contribution in [0.3, 0.4) is 0 Å². The van der Waals surface area contributed by atoms with Gasteiger partial charge in [0.15, 0.2) is 12.4 Å². The smallest absolute Gasteiger partial charge is 0.311 e. The van der Waals surface area contributed by atoms with Gasteiger partial charge in [-0.25, -0.2) is 0 Å². The normalized spacial score (nSPS) is 9.96. The number of nitro groups is 1. The van der Waals surface area contributed by atoms with E-state index in [9.17, 15) is 19.7 Å². The fraction of sp³-hybridized carbons (Fsp3) is 0.0667. The molecule has 7 nitrogen and oxygen atoms in total. The van der Waals surface area contributed by atoms with Crippen molar-refractivity contribution in [2.45, 2.75) is 0 Å². The van der Waals surface area contributed by atoms with Gasteiger partial charge < -0.3 is 10.1 Å². The summed E-state index contributed by atoms with van der Waals surface area (Å²) >= 11 is 5.74. The summed E-state index contributed by atoms with van der Waals surface area (Å²) in [4.78, 5) is 32.7. The number of nitrogens with zero attached hydrogens (tertiary/aromatic N) is 1. The summed E-state index contributed by atoms with van der Waals surface area (Å²) in [5.41, 5.74) is 0.289. The molecule has 0 saturated carbocycles. The highest BCUT2D eigenvalue weighted by atomic mass is 35.5. The largest absolute Gasteiger partial charge is 0.477 e. The molecule has 0 atom stereocenters. The predicted molar refractivity (Wildman–Crippen MR) is 84.1 cm³/mol. The second-order valence-electron chi connectivity index (χ2n) is 4.45. The van der Waals surface area contributed by atoms with Crippen molar-refractivity contribution >= 4 is 35.2 Å². The van der Waals surface area contributed by atoms with Crippen LogP contribution in [0.2, 0.25) is 5.02 Å². The van der Waals surface area contributed by atoms with Gasteiger partial charge in [-0.1, -0.05) is 11.6 Å². The van der Waals surface area contributed by atoms with E-state index in [0.29, 0.717) is 17.0 Å². The molecule has 0 aliphatic rings. The van der Waals surface area contributed by atoms with Crippen LogP contribution in [0.15, 0.2) is 42.5 Å². The third kappa shape index (κ3) is 4.52. The Bertz CT molecular complexity index is 746. The summed E-state index contributed by atoms with van der Waals surface area (Å²) < 4.78 is 5.16. The van der Waals surface area contributed by atoms with Crippen molar-refractivity contribution in [3.8, 4) is 5.75 Å². The number of amides is 1. The van der Waals surface area contributed by atoms with Crippen LogP contribution in [-0.4, -0.2) is 23.7 Å².